The van der Waals surface area contributed by atoms with Gasteiger partial charge in [0.05, 0.1) is 11.6 Å². The van der Waals surface area contributed by atoms with E-state index < -0.39 is 6.10 Å². The van der Waals surface area contributed by atoms with Gasteiger partial charge in [0.2, 0.25) is 0 Å². The summed E-state index contributed by atoms with van der Waals surface area (Å²) < 4.78 is 6.56. The molecule has 19 heavy (non-hydrogen) atoms. The van der Waals surface area contributed by atoms with Crippen molar-refractivity contribution in [3.8, 4) is 0 Å². The van der Waals surface area contributed by atoms with Crippen molar-refractivity contribution in [3.63, 3.8) is 0 Å². The molecule has 2 N–H and O–H groups in total. The maximum absolute atomic E-state index is 11.4. The van der Waals surface area contributed by atoms with Gasteiger partial charge in [0, 0.05) is 19.5 Å². The van der Waals surface area contributed by atoms with Gasteiger partial charge in [-0.05, 0) is 37.1 Å². The Labute approximate surface area is 110 Å². The molecule has 0 bridgehead atoms. The fraction of sp³-hybridized carbons (Fsp3) is 0.500. The Hall–Kier alpha value is -1.59. The van der Waals surface area contributed by atoms with Crippen LogP contribution in [0.1, 0.15) is 24.5 Å². The molecule has 5 heteroatoms. The zero-order valence-electron chi connectivity index (χ0n) is 10.9. The van der Waals surface area contributed by atoms with E-state index in [1.165, 1.54) is 4.57 Å². The van der Waals surface area contributed by atoms with Gasteiger partial charge in [0.25, 0.3) is 0 Å². The molecular formula is C14H18N2O3. The number of aliphatic hydroxyl groups excluding tert-OH is 1. The normalized spacial score (nSPS) is 21.7. The Kier molecular flexibility index (Phi) is 3.16. The van der Waals surface area contributed by atoms with Crippen molar-refractivity contribution < 1.29 is 9.52 Å². The zero-order chi connectivity index (χ0) is 13.4. The third-order valence-corrected chi connectivity index (χ3v) is 3.94. The summed E-state index contributed by atoms with van der Waals surface area (Å²) in [7, 11) is 1.67. The van der Waals surface area contributed by atoms with Gasteiger partial charge in [0.1, 0.15) is 0 Å². The third kappa shape index (κ3) is 2.19. The van der Waals surface area contributed by atoms with Crippen molar-refractivity contribution in [2.45, 2.75) is 18.9 Å². The first kappa shape index (κ1) is 12.4. The molecule has 1 aliphatic heterocycles. The van der Waals surface area contributed by atoms with Crippen molar-refractivity contribution in [2.24, 2.45) is 13.0 Å². The molecule has 2 atom stereocenters. The molecule has 0 aliphatic carbocycles. The molecule has 0 saturated carbocycles. The monoisotopic (exact) mass is 262 g/mol. The number of aromatic nitrogens is 1. The van der Waals surface area contributed by atoms with E-state index in [2.05, 4.69) is 5.32 Å². The highest BCUT2D eigenvalue weighted by atomic mass is 16.4. The summed E-state index contributed by atoms with van der Waals surface area (Å²) in [5.74, 6) is -0.142. The molecule has 0 amide bonds. The van der Waals surface area contributed by atoms with Gasteiger partial charge in [-0.3, -0.25) is 4.57 Å². The molecule has 3 rings (SSSR count). The molecule has 1 aromatic carbocycles. The third-order valence-electron chi connectivity index (χ3n) is 3.94. The lowest BCUT2D eigenvalue weighted by Crippen LogP contribution is -2.33. The van der Waals surface area contributed by atoms with Gasteiger partial charge in [-0.1, -0.05) is 6.07 Å². The van der Waals surface area contributed by atoms with Crippen molar-refractivity contribution in [2.75, 3.05) is 13.1 Å². The van der Waals surface area contributed by atoms with Crippen LogP contribution in [-0.2, 0) is 7.05 Å². The Bertz CT molecular complexity index is 638. The minimum absolute atomic E-state index is 0.232. The smallest absolute Gasteiger partial charge is 0.408 e. The van der Waals surface area contributed by atoms with E-state index in [1.54, 1.807) is 13.1 Å². The second-order valence-corrected chi connectivity index (χ2v) is 5.21. The van der Waals surface area contributed by atoms with E-state index in [1.807, 2.05) is 12.1 Å². The molecule has 2 aromatic rings. The fourth-order valence-electron chi connectivity index (χ4n) is 2.75. The second-order valence-electron chi connectivity index (χ2n) is 5.21. The Morgan fingerprint density at radius 3 is 3.11 bits per heavy atom. The maximum Gasteiger partial charge on any atom is 0.419 e. The summed E-state index contributed by atoms with van der Waals surface area (Å²) in [4.78, 5) is 11.4. The second kappa shape index (κ2) is 4.83. The van der Waals surface area contributed by atoms with E-state index >= 15 is 0 Å². The molecule has 1 aromatic heterocycles. The number of benzene rings is 1. The predicted octanol–water partition coefficient (Wildman–Crippen LogP) is 1.16. The number of rotatable bonds is 2. The highest BCUT2D eigenvalue weighted by molar-refractivity contribution is 5.73. The van der Waals surface area contributed by atoms with Gasteiger partial charge in [0.15, 0.2) is 5.58 Å². The summed E-state index contributed by atoms with van der Waals surface area (Å²) in [6.07, 6.45) is 1.62. The molecule has 5 nitrogen and oxygen atoms in total. The number of piperidine rings is 1. The van der Waals surface area contributed by atoms with Crippen molar-refractivity contribution in [1.29, 1.82) is 0 Å². The standard InChI is InChI=1S/C14H18N2O3/c1-16-11-7-9(4-5-12(11)19-14(16)18)13(17)10-3-2-6-15-8-10/h4-5,7,10,13,15,17H,2-3,6,8H2,1H3. The Morgan fingerprint density at radius 1 is 1.53 bits per heavy atom. The zero-order valence-corrected chi connectivity index (χ0v) is 10.9. The number of aryl methyl sites for hydroxylation is 1. The van der Waals surface area contributed by atoms with Crippen LogP contribution in [0, 0.1) is 5.92 Å². The van der Waals surface area contributed by atoms with Crippen LogP contribution >= 0.6 is 0 Å². The quantitative estimate of drug-likeness (QED) is 0.852. The number of fused-ring (bicyclic) bond motifs is 1. The van der Waals surface area contributed by atoms with E-state index in [4.69, 9.17) is 4.42 Å². The van der Waals surface area contributed by atoms with Gasteiger partial charge in [-0.15, -0.1) is 0 Å². The SMILES string of the molecule is Cn1c(=O)oc2ccc(C(O)C3CCCNC3)cc21. The molecule has 2 unspecified atom stereocenters. The largest absolute Gasteiger partial charge is 0.419 e. The predicted molar refractivity (Wildman–Crippen MR) is 72.0 cm³/mol. The summed E-state index contributed by atoms with van der Waals surface area (Å²) in [6.45, 7) is 1.86. The average molecular weight is 262 g/mol. The van der Waals surface area contributed by atoms with E-state index in [9.17, 15) is 9.90 Å². The lowest BCUT2D eigenvalue weighted by atomic mass is 9.89. The lowest BCUT2D eigenvalue weighted by molar-refractivity contribution is 0.0922. The van der Waals surface area contributed by atoms with Crippen LogP contribution in [0.25, 0.3) is 11.1 Å². The topological polar surface area (TPSA) is 67.4 Å². The number of nitrogens with one attached hydrogen (secondary N) is 1. The minimum atomic E-state index is -0.498. The maximum atomic E-state index is 11.4. The van der Waals surface area contributed by atoms with E-state index in [0.29, 0.717) is 5.58 Å². The molecule has 1 aliphatic rings. The number of hydrogen-bond donors (Lipinski definition) is 2. The van der Waals surface area contributed by atoms with Gasteiger partial charge in [-0.2, -0.15) is 0 Å². The van der Waals surface area contributed by atoms with Crippen molar-refractivity contribution in [3.05, 3.63) is 34.3 Å². The number of nitrogens with zero attached hydrogens (tertiary/aromatic N) is 1. The van der Waals surface area contributed by atoms with Crippen LogP contribution < -0.4 is 11.1 Å². The molecule has 1 saturated heterocycles. The summed E-state index contributed by atoms with van der Waals surface area (Å²) in [5.41, 5.74) is 2.13. The average Bonchev–Trinajstić information content (AvgIpc) is 2.74. The van der Waals surface area contributed by atoms with Crippen LogP contribution in [0.3, 0.4) is 0 Å². The Morgan fingerprint density at radius 2 is 2.37 bits per heavy atom. The lowest BCUT2D eigenvalue weighted by Gasteiger charge is -2.27. The number of hydrogen-bond acceptors (Lipinski definition) is 4. The van der Waals surface area contributed by atoms with Gasteiger partial charge < -0.3 is 14.8 Å². The molecule has 1 fully saturated rings. The van der Waals surface area contributed by atoms with Crippen LogP contribution in [0.4, 0.5) is 0 Å². The molecule has 0 spiro atoms. The molecule has 2 heterocycles. The highest BCUT2D eigenvalue weighted by Gasteiger charge is 2.23. The number of aliphatic hydroxyl groups is 1. The summed E-state index contributed by atoms with van der Waals surface area (Å²) in [5, 5.41) is 13.7. The minimum Gasteiger partial charge on any atom is -0.408 e. The van der Waals surface area contributed by atoms with Crippen LogP contribution in [0.2, 0.25) is 0 Å². The number of oxazole rings is 1. The van der Waals surface area contributed by atoms with Crippen LogP contribution in [0.15, 0.2) is 27.4 Å². The van der Waals surface area contributed by atoms with Gasteiger partial charge >= 0.3 is 5.76 Å². The Balaban J connectivity index is 1.95. The first-order valence-corrected chi connectivity index (χ1v) is 6.65. The summed E-state index contributed by atoms with van der Waals surface area (Å²) >= 11 is 0. The molecule has 0 radical (unpaired) electrons. The fourth-order valence-corrected chi connectivity index (χ4v) is 2.75. The van der Waals surface area contributed by atoms with Crippen molar-refractivity contribution >= 4 is 11.1 Å². The van der Waals surface area contributed by atoms with Gasteiger partial charge in [-0.25, -0.2) is 4.79 Å². The van der Waals surface area contributed by atoms with Crippen LogP contribution in [-0.4, -0.2) is 22.8 Å². The molecule has 102 valence electrons. The van der Waals surface area contributed by atoms with E-state index in [0.717, 1.165) is 37.0 Å². The van der Waals surface area contributed by atoms with Crippen molar-refractivity contribution in [1.82, 2.24) is 9.88 Å². The first-order valence-electron chi connectivity index (χ1n) is 6.65. The molecular weight excluding hydrogens is 244 g/mol. The summed E-state index contributed by atoms with van der Waals surface area (Å²) in [6, 6.07) is 5.44. The highest BCUT2D eigenvalue weighted by Crippen LogP contribution is 2.28. The van der Waals surface area contributed by atoms with E-state index in [-0.39, 0.29) is 11.7 Å². The first-order chi connectivity index (χ1) is 9.16. The van der Waals surface area contributed by atoms with Crippen LogP contribution in [0.5, 0.6) is 0 Å².